The van der Waals surface area contributed by atoms with Gasteiger partial charge in [-0.1, -0.05) is 23.5 Å². The van der Waals surface area contributed by atoms with Crippen molar-refractivity contribution >= 4 is 37.8 Å². The molecule has 92 valence electrons. The molecule has 20 heavy (non-hydrogen) atoms. The maximum absolute atomic E-state index is 9.06. The van der Waals surface area contributed by atoms with Crippen LogP contribution in [0.3, 0.4) is 0 Å². The zero-order valence-corrected chi connectivity index (χ0v) is 10.7. The molecule has 0 unspecified atom stereocenters. The van der Waals surface area contributed by atoms with Gasteiger partial charge in [-0.3, -0.25) is 4.40 Å². The molecule has 6 nitrogen and oxygen atoms in total. The molecule has 0 aliphatic heterocycles. The summed E-state index contributed by atoms with van der Waals surface area (Å²) in [5, 5.41) is 18.0. The van der Waals surface area contributed by atoms with E-state index in [1.807, 2.05) is 40.8 Å². The third kappa shape index (κ3) is 1.27. The summed E-state index contributed by atoms with van der Waals surface area (Å²) in [6, 6.07) is 11.5. The van der Waals surface area contributed by atoms with Crippen LogP contribution in [0.2, 0.25) is 0 Å². The van der Waals surface area contributed by atoms with Gasteiger partial charge in [0.25, 0.3) is 0 Å². The topological polar surface area (TPSA) is 90.7 Å². The van der Waals surface area contributed by atoms with Gasteiger partial charge < -0.3 is 0 Å². The van der Waals surface area contributed by atoms with Crippen LogP contribution >= 0.6 is 11.3 Å². The molecule has 0 atom stereocenters. The van der Waals surface area contributed by atoms with Crippen LogP contribution in [-0.4, -0.2) is 19.4 Å². The number of hydrogen-bond acceptors (Lipinski definition) is 6. The number of thiazole rings is 1. The highest BCUT2D eigenvalue weighted by Gasteiger charge is 2.16. The van der Waals surface area contributed by atoms with Crippen molar-refractivity contribution in [3.63, 3.8) is 0 Å². The van der Waals surface area contributed by atoms with E-state index < -0.39 is 0 Å². The molecule has 0 N–H and O–H groups in total. The molecule has 3 aromatic heterocycles. The third-order valence-electron chi connectivity index (χ3n) is 2.99. The number of para-hydroxylation sites is 2. The van der Waals surface area contributed by atoms with Crippen LogP contribution in [0.15, 0.2) is 24.3 Å². The zero-order chi connectivity index (χ0) is 13.7. The second-order valence-electron chi connectivity index (χ2n) is 4.09. The molecule has 7 heteroatoms. The molecule has 0 aliphatic rings. The molecule has 0 fully saturated rings. The van der Waals surface area contributed by atoms with Gasteiger partial charge in [0.15, 0.2) is 26.8 Å². The number of fused-ring (bicyclic) bond motifs is 5. The second kappa shape index (κ2) is 3.73. The Labute approximate surface area is 116 Å². The lowest BCUT2D eigenvalue weighted by atomic mass is 10.3. The van der Waals surface area contributed by atoms with E-state index in [-0.39, 0.29) is 11.4 Å². The van der Waals surface area contributed by atoms with E-state index in [4.69, 9.17) is 10.5 Å². The van der Waals surface area contributed by atoms with Crippen molar-refractivity contribution in [3.8, 4) is 12.1 Å². The molecule has 0 aliphatic carbocycles. The molecule has 0 amide bonds. The van der Waals surface area contributed by atoms with Gasteiger partial charge in [-0.15, -0.1) is 0 Å². The molecule has 3 heterocycles. The van der Waals surface area contributed by atoms with Crippen LogP contribution in [0.1, 0.15) is 11.4 Å². The summed E-state index contributed by atoms with van der Waals surface area (Å²) >= 11 is 1.35. The number of rotatable bonds is 0. The SMILES string of the molecule is N#Cc1nc2sc3nc4ccccc4n3c2nc1C#N. The van der Waals surface area contributed by atoms with Crippen molar-refractivity contribution in [1.29, 1.82) is 10.5 Å². The average Bonchev–Trinajstić information content (AvgIpc) is 3.00. The van der Waals surface area contributed by atoms with Crippen molar-refractivity contribution in [2.75, 3.05) is 0 Å². The van der Waals surface area contributed by atoms with Gasteiger partial charge in [0, 0.05) is 0 Å². The summed E-state index contributed by atoms with van der Waals surface area (Å²) in [6.45, 7) is 0. The van der Waals surface area contributed by atoms with E-state index in [2.05, 4.69) is 15.0 Å². The van der Waals surface area contributed by atoms with Crippen molar-refractivity contribution in [2.24, 2.45) is 0 Å². The Morgan fingerprint density at radius 1 is 1.00 bits per heavy atom. The van der Waals surface area contributed by atoms with Crippen LogP contribution in [0, 0.1) is 22.7 Å². The molecule has 4 rings (SSSR count). The number of benzene rings is 1. The Kier molecular flexibility index (Phi) is 2.02. The monoisotopic (exact) mass is 276 g/mol. The summed E-state index contributed by atoms with van der Waals surface area (Å²) < 4.78 is 1.87. The Morgan fingerprint density at radius 2 is 1.75 bits per heavy atom. The molecule has 4 aromatic rings. The molecular weight excluding hydrogens is 272 g/mol. The predicted octanol–water partition coefficient (Wildman–Crippen LogP) is 2.24. The maximum atomic E-state index is 9.06. The van der Waals surface area contributed by atoms with Crippen LogP contribution in [-0.2, 0) is 0 Å². The number of aromatic nitrogens is 4. The van der Waals surface area contributed by atoms with Crippen molar-refractivity contribution < 1.29 is 0 Å². The minimum Gasteiger partial charge on any atom is -0.265 e. The highest BCUT2D eigenvalue weighted by Crippen LogP contribution is 2.28. The van der Waals surface area contributed by atoms with Gasteiger partial charge in [-0.2, -0.15) is 10.5 Å². The zero-order valence-electron chi connectivity index (χ0n) is 9.90. The average molecular weight is 276 g/mol. The molecule has 0 saturated carbocycles. The van der Waals surface area contributed by atoms with Gasteiger partial charge >= 0.3 is 0 Å². The van der Waals surface area contributed by atoms with Gasteiger partial charge in [0.1, 0.15) is 12.1 Å². The molecule has 0 saturated heterocycles. The smallest absolute Gasteiger partial charge is 0.198 e. The summed E-state index contributed by atoms with van der Waals surface area (Å²) in [5.74, 6) is 0. The number of imidazole rings is 1. The molecule has 0 spiro atoms. The van der Waals surface area contributed by atoms with Gasteiger partial charge in [-0.05, 0) is 12.1 Å². The Morgan fingerprint density at radius 3 is 2.55 bits per heavy atom. The minimum absolute atomic E-state index is 0.0393. The fourth-order valence-electron chi connectivity index (χ4n) is 2.14. The summed E-state index contributed by atoms with van der Waals surface area (Å²) in [7, 11) is 0. The van der Waals surface area contributed by atoms with Crippen molar-refractivity contribution in [3.05, 3.63) is 35.7 Å². The standard InChI is InChI=1S/C13H4N6S/c14-5-8-9(6-15)17-12-11(16-8)19-10-4-2-1-3-7(10)18-13(19)20-12/h1-4H. The van der Waals surface area contributed by atoms with E-state index in [0.717, 1.165) is 16.0 Å². The predicted molar refractivity (Wildman–Crippen MR) is 73.1 cm³/mol. The highest BCUT2D eigenvalue weighted by molar-refractivity contribution is 7.23. The lowest BCUT2D eigenvalue weighted by Crippen LogP contribution is -1.95. The lowest BCUT2D eigenvalue weighted by Gasteiger charge is -1.95. The van der Waals surface area contributed by atoms with E-state index in [9.17, 15) is 0 Å². The highest BCUT2D eigenvalue weighted by atomic mass is 32.1. The van der Waals surface area contributed by atoms with E-state index in [1.165, 1.54) is 11.3 Å². The van der Waals surface area contributed by atoms with Crippen LogP contribution in [0.4, 0.5) is 0 Å². The molecular formula is C13H4N6S. The van der Waals surface area contributed by atoms with Gasteiger partial charge in [0.2, 0.25) is 0 Å². The van der Waals surface area contributed by atoms with Crippen LogP contribution in [0.5, 0.6) is 0 Å². The Bertz CT molecular complexity index is 1080. The van der Waals surface area contributed by atoms with E-state index in [0.29, 0.717) is 10.5 Å². The van der Waals surface area contributed by atoms with Crippen LogP contribution < -0.4 is 0 Å². The quantitative estimate of drug-likeness (QED) is 0.491. The van der Waals surface area contributed by atoms with Gasteiger partial charge in [-0.25, -0.2) is 15.0 Å². The summed E-state index contributed by atoms with van der Waals surface area (Å²) in [5.41, 5.74) is 2.43. The number of nitrogens with zero attached hydrogens (tertiary/aromatic N) is 6. The lowest BCUT2D eigenvalue weighted by molar-refractivity contribution is 1.16. The molecule has 1 aromatic carbocycles. The first-order valence-corrected chi connectivity index (χ1v) is 6.51. The van der Waals surface area contributed by atoms with Crippen molar-refractivity contribution in [1.82, 2.24) is 19.4 Å². The summed E-state index contributed by atoms with van der Waals surface area (Å²) in [6.07, 6.45) is 0. The second-order valence-corrected chi connectivity index (χ2v) is 5.05. The first kappa shape index (κ1) is 10.9. The van der Waals surface area contributed by atoms with E-state index >= 15 is 0 Å². The number of nitriles is 2. The Balaban J connectivity index is 2.25. The van der Waals surface area contributed by atoms with Crippen LogP contribution in [0.25, 0.3) is 26.5 Å². The first-order chi connectivity index (χ1) is 9.81. The normalized spacial score (nSPS) is 10.9. The summed E-state index contributed by atoms with van der Waals surface area (Å²) in [4.78, 5) is 14.3. The third-order valence-corrected chi connectivity index (χ3v) is 3.91. The molecule has 0 radical (unpaired) electrons. The largest absolute Gasteiger partial charge is 0.265 e. The fraction of sp³-hybridized carbons (Fsp3) is 0. The maximum Gasteiger partial charge on any atom is 0.198 e. The molecule has 0 bridgehead atoms. The first-order valence-electron chi connectivity index (χ1n) is 5.70. The van der Waals surface area contributed by atoms with E-state index in [1.54, 1.807) is 0 Å². The van der Waals surface area contributed by atoms with Crippen molar-refractivity contribution in [2.45, 2.75) is 0 Å². The fourth-order valence-corrected chi connectivity index (χ4v) is 3.10. The number of hydrogen-bond donors (Lipinski definition) is 0. The minimum atomic E-state index is 0.0393. The van der Waals surface area contributed by atoms with Gasteiger partial charge in [0.05, 0.1) is 11.0 Å². The Hall–Kier alpha value is -3.03.